The van der Waals surface area contributed by atoms with Crippen molar-refractivity contribution in [2.75, 3.05) is 0 Å². The van der Waals surface area contributed by atoms with Gasteiger partial charge in [0.1, 0.15) is 0 Å². The maximum absolute atomic E-state index is 13.5. The number of carbonyl (C=O) groups excluding carboxylic acids is 1. The summed E-state index contributed by atoms with van der Waals surface area (Å²) in [5, 5.41) is 4.09. The third-order valence-corrected chi connectivity index (χ3v) is 6.48. The quantitative estimate of drug-likeness (QED) is 0.679. The summed E-state index contributed by atoms with van der Waals surface area (Å²) >= 11 is 0. The number of amides is 1. The highest BCUT2D eigenvalue weighted by Crippen LogP contribution is 2.34. The van der Waals surface area contributed by atoms with Gasteiger partial charge in [0.15, 0.2) is 11.5 Å². The molecule has 0 N–H and O–H groups in total. The normalized spacial score (nSPS) is 24.0. The summed E-state index contributed by atoms with van der Waals surface area (Å²) in [5.74, 6) is 1.97. The molecule has 0 aromatic carbocycles. The van der Waals surface area contributed by atoms with Gasteiger partial charge in [0.2, 0.25) is 5.76 Å². The van der Waals surface area contributed by atoms with Gasteiger partial charge in [0.05, 0.1) is 6.26 Å². The van der Waals surface area contributed by atoms with Crippen LogP contribution in [-0.4, -0.2) is 28.0 Å². The van der Waals surface area contributed by atoms with E-state index in [1.54, 1.807) is 18.4 Å². The second kappa shape index (κ2) is 8.32. The number of hydrogen-bond donors (Lipinski definition) is 0. The lowest BCUT2D eigenvalue weighted by molar-refractivity contribution is 0.0405. The topological polar surface area (TPSA) is 59.5 Å². The van der Waals surface area contributed by atoms with Crippen molar-refractivity contribution in [1.29, 1.82) is 0 Å². The minimum absolute atomic E-state index is 0.0309. The molecule has 2 aromatic rings. The lowest BCUT2D eigenvalue weighted by Gasteiger charge is -2.42. The van der Waals surface area contributed by atoms with E-state index in [1.165, 1.54) is 38.5 Å². The molecular weight excluding hydrogens is 340 g/mol. The van der Waals surface area contributed by atoms with Crippen LogP contribution in [-0.2, 0) is 0 Å². The van der Waals surface area contributed by atoms with E-state index in [0.29, 0.717) is 29.3 Å². The fraction of sp³-hybridized carbons (Fsp3) is 0.636. The van der Waals surface area contributed by atoms with Gasteiger partial charge in [0.25, 0.3) is 5.91 Å². The fourth-order valence-corrected chi connectivity index (χ4v) is 4.86. The minimum atomic E-state index is 0.0309. The van der Waals surface area contributed by atoms with E-state index in [1.807, 2.05) is 6.07 Å². The molecule has 2 fully saturated rings. The Kier molecular flexibility index (Phi) is 5.65. The van der Waals surface area contributed by atoms with Crippen LogP contribution < -0.4 is 0 Å². The molecule has 4 rings (SSSR count). The molecular formula is C22H30N2O3. The van der Waals surface area contributed by atoms with Crippen LogP contribution in [0, 0.1) is 5.92 Å². The van der Waals surface area contributed by atoms with Gasteiger partial charge < -0.3 is 13.8 Å². The Morgan fingerprint density at radius 1 is 1.07 bits per heavy atom. The van der Waals surface area contributed by atoms with Gasteiger partial charge in [0, 0.05) is 18.2 Å². The maximum atomic E-state index is 13.5. The average Bonchev–Trinajstić information content (AvgIpc) is 3.41. The first-order valence-corrected chi connectivity index (χ1v) is 10.6. The van der Waals surface area contributed by atoms with E-state index >= 15 is 0 Å². The van der Waals surface area contributed by atoms with Crippen LogP contribution in [0.2, 0.25) is 0 Å². The summed E-state index contributed by atoms with van der Waals surface area (Å²) < 4.78 is 10.8. The van der Waals surface area contributed by atoms with Gasteiger partial charge in [-0.3, -0.25) is 4.79 Å². The van der Waals surface area contributed by atoms with Crippen molar-refractivity contribution in [2.24, 2.45) is 5.92 Å². The van der Waals surface area contributed by atoms with Crippen molar-refractivity contribution >= 4 is 5.91 Å². The smallest absolute Gasteiger partial charge is 0.276 e. The van der Waals surface area contributed by atoms with Gasteiger partial charge >= 0.3 is 0 Å². The van der Waals surface area contributed by atoms with Crippen molar-refractivity contribution in [1.82, 2.24) is 10.1 Å². The average molecular weight is 370 g/mol. The van der Waals surface area contributed by atoms with Crippen molar-refractivity contribution in [2.45, 2.75) is 83.2 Å². The van der Waals surface area contributed by atoms with Crippen molar-refractivity contribution < 1.29 is 13.7 Å². The molecule has 0 saturated heterocycles. The molecule has 2 aliphatic carbocycles. The maximum Gasteiger partial charge on any atom is 0.276 e. The van der Waals surface area contributed by atoms with Crippen LogP contribution in [0.15, 0.2) is 33.4 Å². The monoisotopic (exact) mass is 370 g/mol. The predicted molar refractivity (Wildman–Crippen MR) is 103 cm³/mol. The second-order valence-corrected chi connectivity index (χ2v) is 8.14. The zero-order chi connectivity index (χ0) is 18.6. The molecule has 2 aliphatic rings. The molecule has 0 bridgehead atoms. The highest BCUT2D eigenvalue weighted by molar-refractivity contribution is 5.93. The molecule has 2 saturated carbocycles. The first-order valence-electron chi connectivity index (χ1n) is 10.6. The lowest BCUT2D eigenvalue weighted by atomic mass is 9.82. The molecule has 0 atom stereocenters. The molecule has 0 radical (unpaired) electrons. The van der Waals surface area contributed by atoms with Crippen LogP contribution >= 0.6 is 0 Å². The molecule has 5 nitrogen and oxygen atoms in total. The van der Waals surface area contributed by atoms with Crippen molar-refractivity contribution in [3.63, 3.8) is 0 Å². The zero-order valence-corrected chi connectivity index (χ0v) is 16.2. The Morgan fingerprint density at radius 2 is 1.81 bits per heavy atom. The summed E-state index contributed by atoms with van der Waals surface area (Å²) in [7, 11) is 0. The van der Waals surface area contributed by atoms with Gasteiger partial charge in [-0.2, -0.15) is 0 Å². The molecule has 27 heavy (non-hydrogen) atoms. The number of nitrogens with zero attached hydrogens (tertiary/aromatic N) is 2. The van der Waals surface area contributed by atoms with Gasteiger partial charge in [-0.15, -0.1) is 0 Å². The molecule has 2 aromatic heterocycles. The Morgan fingerprint density at radius 3 is 2.48 bits per heavy atom. The summed E-state index contributed by atoms with van der Waals surface area (Å²) in [6.07, 6.45) is 13.5. The molecule has 0 aliphatic heterocycles. The fourth-order valence-electron chi connectivity index (χ4n) is 4.86. The Balaban J connectivity index is 1.55. The van der Waals surface area contributed by atoms with Crippen molar-refractivity contribution in [3.8, 4) is 11.5 Å². The van der Waals surface area contributed by atoms with E-state index in [2.05, 4.69) is 17.0 Å². The van der Waals surface area contributed by atoms with Crippen LogP contribution in [0.3, 0.4) is 0 Å². The van der Waals surface area contributed by atoms with E-state index in [0.717, 1.165) is 31.6 Å². The van der Waals surface area contributed by atoms with E-state index < -0.39 is 0 Å². The SMILES string of the molecule is CCC1CCC(N(C(=O)c2cc(-c3ccco3)on2)C2CCCCC2)CC1. The Labute approximate surface area is 161 Å². The molecule has 0 unspecified atom stereocenters. The molecule has 146 valence electrons. The molecule has 1 amide bonds. The molecule has 0 spiro atoms. The summed E-state index contributed by atoms with van der Waals surface area (Å²) in [6.45, 7) is 2.28. The zero-order valence-electron chi connectivity index (χ0n) is 16.2. The number of hydrogen-bond acceptors (Lipinski definition) is 4. The van der Waals surface area contributed by atoms with E-state index in [4.69, 9.17) is 8.94 Å². The van der Waals surface area contributed by atoms with Gasteiger partial charge in [-0.1, -0.05) is 37.8 Å². The van der Waals surface area contributed by atoms with Crippen molar-refractivity contribution in [3.05, 3.63) is 30.2 Å². The highest BCUT2D eigenvalue weighted by atomic mass is 16.5. The van der Waals surface area contributed by atoms with Crippen LogP contribution in [0.4, 0.5) is 0 Å². The van der Waals surface area contributed by atoms with E-state index in [-0.39, 0.29) is 5.91 Å². The first kappa shape index (κ1) is 18.3. The number of aromatic nitrogens is 1. The highest BCUT2D eigenvalue weighted by Gasteiger charge is 2.35. The Bertz CT molecular complexity index is 723. The summed E-state index contributed by atoms with van der Waals surface area (Å²) in [4.78, 5) is 15.6. The van der Waals surface area contributed by atoms with Crippen LogP contribution in [0.5, 0.6) is 0 Å². The standard InChI is InChI=1S/C22H30N2O3/c1-2-16-10-12-18(13-11-16)24(17-7-4-3-5-8-17)22(25)19-15-21(27-23-19)20-9-6-14-26-20/h6,9,14-18H,2-5,7-8,10-13H2,1H3. The first-order chi connectivity index (χ1) is 13.3. The summed E-state index contributed by atoms with van der Waals surface area (Å²) in [5.41, 5.74) is 0.407. The van der Waals surface area contributed by atoms with Crippen LogP contribution in [0.25, 0.3) is 11.5 Å². The van der Waals surface area contributed by atoms with E-state index in [9.17, 15) is 4.79 Å². The van der Waals surface area contributed by atoms with Gasteiger partial charge in [-0.05, 0) is 56.6 Å². The number of furan rings is 1. The third kappa shape index (κ3) is 3.97. The molecule has 2 heterocycles. The minimum Gasteiger partial charge on any atom is -0.461 e. The predicted octanol–water partition coefficient (Wildman–Crippen LogP) is 5.68. The molecule has 5 heteroatoms. The summed E-state index contributed by atoms with van der Waals surface area (Å²) in [6, 6.07) is 6.04. The number of rotatable bonds is 5. The van der Waals surface area contributed by atoms with Crippen LogP contribution in [0.1, 0.15) is 81.6 Å². The number of carbonyl (C=O) groups is 1. The Hall–Kier alpha value is -2.04. The second-order valence-electron chi connectivity index (χ2n) is 8.14. The largest absolute Gasteiger partial charge is 0.461 e. The third-order valence-electron chi connectivity index (χ3n) is 6.48. The van der Waals surface area contributed by atoms with Gasteiger partial charge in [-0.25, -0.2) is 0 Å². The lowest BCUT2D eigenvalue weighted by Crippen LogP contribution is -2.49.